The minimum absolute atomic E-state index is 0.227. The third-order valence-electron chi connectivity index (χ3n) is 4.53. The summed E-state index contributed by atoms with van der Waals surface area (Å²) in [7, 11) is -1.70. The van der Waals surface area contributed by atoms with Crippen LogP contribution in [0.1, 0.15) is 12.6 Å². The second-order valence-electron chi connectivity index (χ2n) is 6.92. The standard InChI is InChI=1S/C21H20N2O6S2/c1-12(24)28-19-11-22-21(30-19)17-9-13-8-15(10-18(27-2)20(13)23-17)29-14-4-6-16(7-5-14)31(3,25)26/h4-10,19,23H,11H2,1-3H3. The molecule has 0 fully saturated rings. The van der Waals surface area contributed by atoms with E-state index < -0.39 is 9.84 Å². The second kappa shape index (κ2) is 8.27. The molecule has 10 heteroatoms. The van der Waals surface area contributed by atoms with Gasteiger partial charge in [-0.3, -0.25) is 9.79 Å². The van der Waals surface area contributed by atoms with E-state index in [4.69, 9.17) is 14.2 Å². The van der Waals surface area contributed by atoms with E-state index in [0.717, 1.165) is 27.9 Å². The highest BCUT2D eigenvalue weighted by Crippen LogP contribution is 2.36. The first kappa shape index (κ1) is 21.3. The van der Waals surface area contributed by atoms with Gasteiger partial charge in [-0.1, -0.05) is 11.8 Å². The van der Waals surface area contributed by atoms with Crippen molar-refractivity contribution in [1.82, 2.24) is 4.98 Å². The van der Waals surface area contributed by atoms with E-state index in [1.165, 1.54) is 30.8 Å². The largest absolute Gasteiger partial charge is 0.494 e. The second-order valence-corrected chi connectivity index (χ2v) is 10.1. The summed E-state index contributed by atoms with van der Waals surface area (Å²) in [4.78, 5) is 19.2. The molecule has 4 rings (SSSR count). The van der Waals surface area contributed by atoms with Crippen LogP contribution >= 0.6 is 11.8 Å². The smallest absolute Gasteiger partial charge is 0.303 e. The van der Waals surface area contributed by atoms with E-state index >= 15 is 0 Å². The number of aliphatic imine (C=N–C) groups is 1. The van der Waals surface area contributed by atoms with Crippen LogP contribution in [0.3, 0.4) is 0 Å². The molecule has 3 aromatic rings. The molecule has 1 unspecified atom stereocenters. The highest BCUT2D eigenvalue weighted by molar-refractivity contribution is 8.15. The Labute approximate surface area is 183 Å². The number of thioether (sulfide) groups is 1. The van der Waals surface area contributed by atoms with E-state index in [9.17, 15) is 13.2 Å². The minimum Gasteiger partial charge on any atom is -0.494 e. The fourth-order valence-electron chi connectivity index (χ4n) is 3.16. The number of nitrogens with one attached hydrogen (secondary N) is 1. The summed E-state index contributed by atoms with van der Waals surface area (Å²) >= 11 is 1.39. The van der Waals surface area contributed by atoms with Crippen molar-refractivity contribution >= 4 is 43.5 Å². The topological polar surface area (TPSA) is 107 Å². The number of sulfone groups is 1. The number of nitrogens with zero attached hydrogens (tertiary/aromatic N) is 1. The summed E-state index contributed by atoms with van der Waals surface area (Å²) in [6.07, 6.45) is 1.16. The Kier molecular flexibility index (Phi) is 5.67. The zero-order valence-corrected chi connectivity index (χ0v) is 18.7. The lowest BCUT2D eigenvalue weighted by Crippen LogP contribution is -2.12. The van der Waals surface area contributed by atoms with Gasteiger partial charge in [0.05, 0.1) is 29.8 Å². The van der Waals surface area contributed by atoms with E-state index in [2.05, 4.69) is 9.98 Å². The van der Waals surface area contributed by atoms with Gasteiger partial charge >= 0.3 is 5.97 Å². The Bertz CT molecular complexity index is 1280. The molecule has 2 aromatic carbocycles. The molecule has 1 aliphatic heterocycles. The highest BCUT2D eigenvalue weighted by atomic mass is 32.2. The Balaban J connectivity index is 1.60. The van der Waals surface area contributed by atoms with Crippen LogP contribution in [0, 0.1) is 0 Å². The molecule has 1 atom stereocenters. The molecular formula is C21H20N2O6S2. The molecular weight excluding hydrogens is 440 g/mol. The first-order chi connectivity index (χ1) is 14.7. The van der Waals surface area contributed by atoms with Crippen LogP contribution in [0.25, 0.3) is 10.9 Å². The third-order valence-corrected chi connectivity index (χ3v) is 6.74. The van der Waals surface area contributed by atoms with Crippen LogP contribution in [0.2, 0.25) is 0 Å². The van der Waals surface area contributed by atoms with Gasteiger partial charge in [0.1, 0.15) is 22.3 Å². The van der Waals surface area contributed by atoms with E-state index in [0.29, 0.717) is 23.8 Å². The number of fused-ring (bicyclic) bond motifs is 1. The average molecular weight is 461 g/mol. The van der Waals surface area contributed by atoms with Gasteiger partial charge in [-0.05, 0) is 36.4 Å². The summed E-state index contributed by atoms with van der Waals surface area (Å²) in [5.74, 6) is 1.30. The number of benzene rings is 2. The fraction of sp³-hybridized carbons (Fsp3) is 0.238. The first-order valence-corrected chi connectivity index (χ1v) is 12.1. The number of carbonyl (C=O) groups is 1. The Morgan fingerprint density at radius 1 is 1.16 bits per heavy atom. The average Bonchev–Trinajstić information content (AvgIpc) is 3.33. The molecule has 0 spiro atoms. The van der Waals surface area contributed by atoms with E-state index in [1.807, 2.05) is 12.1 Å². The summed E-state index contributed by atoms with van der Waals surface area (Å²) < 4.78 is 39.9. The van der Waals surface area contributed by atoms with Gasteiger partial charge in [-0.25, -0.2) is 8.42 Å². The Morgan fingerprint density at radius 3 is 2.55 bits per heavy atom. The number of carbonyl (C=O) groups excluding carboxylic acids is 1. The maximum atomic E-state index is 11.6. The maximum Gasteiger partial charge on any atom is 0.303 e. The van der Waals surface area contributed by atoms with Gasteiger partial charge in [0.2, 0.25) is 0 Å². The summed E-state index contributed by atoms with van der Waals surface area (Å²) in [5.41, 5.74) is 1.26. The van der Waals surface area contributed by atoms with Crippen LogP contribution in [0.15, 0.2) is 52.4 Å². The summed E-state index contributed by atoms with van der Waals surface area (Å²) in [5, 5.41) is 1.61. The maximum absolute atomic E-state index is 11.6. The molecule has 1 aliphatic rings. The lowest BCUT2D eigenvalue weighted by atomic mass is 10.2. The van der Waals surface area contributed by atoms with Gasteiger partial charge in [-0.2, -0.15) is 0 Å². The first-order valence-electron chi connectivity index (χ1n) is 9.30. The van der Waals surface area contributed by atoms with Crippen molar-refractivity contribution in [3.05, 3.63) is 48.2 Å². The lowest BCUT2D eigenvalue weighted by Gasteiger charge is -2.09. The Hall–Kier alpha value is -2.98. The van der Waals surface area contributed by atoms with Crippen molar-refractivity contribution in [3.8, 4) is 17.2 Å². The molecule has 0 saturated carbocycles. The van der Waals surface area contributed by atoms with Crippen LogP contribution in [-0.2, 0) is 19.4 Å². The molecule has 2 heterocycles. The molecule has 0 saturated heterocycles. The molecule has 0 bridgehead atoms. The van der Waals surface area contributed by atoms with E-state index in [-0.39, 0.29) is 16.3 Å². The summed E-state index contributed by atoms with van der Waals surface area (Å²) in [6, 6.07) is 11.8. The normalized spacial score (nSPS) is 16.2. The molecule has 1 N–H and O–H groups in total. The number of esters is 1. The van der Waals surface area contributed by atoms with Gasteiger partial charge in [0.25, 0.3) is 0 Å². The van der Waals surface area contributed by atoms with Crippen LogP contribution in [0.5, 0.6) is 17.2 Å². The molecule has 8 nitrogen and oxygen atoms in total. The number of H-pyrrole nitrogens is 1. The minimum atomic E-state index is -3.27. The van der Waals surface area contributed by atoms with Crippen molar-refractivity contribution in [2.75, 3.05) is 19.9 Å². The molecule has 1 aromatic heterocycles. The molecule has 0 amide bonds. The van der Waals surface area contributed by atoms with Gasteiger partial charge in [0, 0.05) is 24.6 Å². The quantitative estimate of drug-likeness (QED) is 0.558. The van der Waals surface area contributed by atoms with Gasteiger partial charge < -0.3 is 19.2 Å². The molecule has 31 heavy (non-hydrogen) atoms. The van der Waals surface area contributed by atoms with Crippen LogP contribution < -0.4 is 9.47 Å². The number of ether oxygens (including phenoxy) is 3. The number of hydrogen-bond donors (Lipinski definition) is 1. The predicted molar refractivity (Wildman–Crippen MR) is 119 cm³/mol. The molecule has 0 aliphatic carbocycles. The SMILES string of the molecule is COc1cc(Oc2ccc(S(C)(=O)=O)cc2)cc2cc(C3=NCC(OC(C)=O)S3)[nH]c12. The van der Waals surface area contributed by atoms with Crippen LogP contribution in [0.4, 0.5) is 0 Å². The number of methoxy groups -OCH3 is 1. The zero-order chi connectivity index (χ0) is 22.2. The number of hydrogen-bond acceptors (Lipinski definition) is 8. The monoisotopic (exact) mass is 460 g/mol. The summed E-state index contributed by atoms with van der Waals surface area (Å²) in [6.45, 7) is 1.78. The van der Waals surface area contributed by atoms with Crippen molar-refractivity contribution in [1.29, 1.82) is 0 Å². The number of aromatic nitrogens is 1. The van der Waals surface area contributed by atoms with Crippen molar-refractivity contribution < 1.29 is 27.4 Å². The van der Waals surface area contributed by atoms with Crippen LogP contribution in [-0.4, -0.2) is 49.8 Å². The molecule has 162 valence electrons. The lowest BCUT2D eigenvalue weighted by molar-refractivity contribution is -0.141. The van der Waals surface area contributed by atoms with E-state index in [1.54, 1.807) is 25.3 Å². The van der Waals surface area contributed by atoms with Crippen molar-refractivity contribution in [3.63, 3.8) is 0 Å². The van der Waals surface area contributed by atoms with Gasteiger partial charge in [0.15, 0.2) is 15.3 Å². The predicted octanol–water partition coefficient (Wildman–Crippen LogP) is 3.75. The van der Waals surface area contributed by atoms with Crippen molar-refractivity contribution in [2.45, 2.75) is 17.3 Å². The third kappa shape index (κ3) is 4.70. The highest BCUT2D eigenvalue weighted by Gasteiger charge is 2.24. The fourth-order valence-corrected chi connectivity index (χ4v) is 4.76. The Morgan fingerprint density at radius 2 is 1.90 bits per heavy atom. The van der Waals surface area contributed by atoms with Gasteiger partial charge in [-0.15, -0.1) is 0 Å². The zero-order valence-electron chi connectivity index (χ0n) is 17.0. The molecule has 0 radical (unpaired) electrons. The number of aromatic amines is 1. The van der Waals surface area contributed by atoms with Crippen molar-refractivity contribution in [2.24, 2.45) is 4.99 Å². The number of rotatable bonds is 6.